The SMILES string of the molecule is NC(=O)c1cnc(NC(=O)CCCOc2ccc(F)cc2)s1. The summed E-state index contributed by atoms with van der Waals surface area (Å²) in [6.45, 7) is 0.337. The second kappa shape index (κ2) is 7.51. The van der Waals surface area contributed by atoms with Crippen LogP contribution in [0.2, 0.25) is 0 Å². The van der Waals surface area contributed by atoms with Crippen molar-refractivity contribution in [1.82, 2.24) is 4.98 Å². The van der Waals surface area contributed by atoms with Gasteiger partial charge in [-0.25, -0.2) is 9.37 Å². The number of nitrogens with one attached hydrogen (secondary N) is 1. The van der Waals surface area contributed by atoms with Crippen LogP contribution in [0.3, 0.4) is 0 Å². The molecule has 0 saturated heterocycles. The van der Waals surface area contributed by atoms with Gasteiger partial charge in [-0.05, 0) is 30.7 Å². The van der Waals surface area contributed by atoms with Crippen LogP contribution in [0.4, 0.5) is 9.52 Å². The Bertz CT molecular complexity index is 658. The summed E-state index contributed by atoms with van der Waals surface area (Å²) in [5.74, 6) is -0.586. The van der Waals surface area contributed by atoms with Crippen molar-refractivity contribution in [3.63, 3.8) is 0 Å². The topological polar surface area (TPSA) is 94.3 Å². The quantitative estimate of drug-likeness (QED) is 0.764. The number of halogens is 1. The van der Waals surface area contributed by atoms with E-state index >= 15 is 0 Å². The number of thiazole rings is 1. The number of hydrogen-bond acceptors (Lipinski definition) is 5. The van der Waals surface area contributed by atoms with E-state index in [1.807, 2.05) is 0 Å². The zero-order valence-corrected chi connectivity index (χ0v) is 12.4. The Kier molecular flexibility index (Phi) is 5.42. The minimum absolute atomic E-state index is 0.229. The average molecular weight is 323 g/mol. The molecular formula is C14H14FN3O3S. The van der Waals surface area contributed by atoms with Gasteiger partial charge < -0.3 is 15.8 Å². The highest BCUT2D eigenvalue weighted by molar-refractivity contribution is 7.17. The highest BCUT2D eigenvalue weighted by Crippen LogP contribution is 2.17. The van der Waals surface area contributed by atoms with Crippen LogP contribution in [-0.4, -0.2) is 23.4 Å². The molecule has 0 atom stereocenters. The third-order valence-electron chi connectivity index (χ3n) is 2.63. The van der Waals surface area contributed by atoms with Gasteiger partial charge in [-0.1, -0.05) is 11.3 Å². The van der Waals surface area contributed by atoms with E-state index in [2.05, 4.69) is 10.3 Å². The molecular weight excluding hydrogens is 309 g/mol. The largest absolute Gasteiger partial charge is 0.494 e. The number of carbonyl (C=O) groups excluding carboxylic acids is 2. The van der Waals surface area contributed by atoms with E-state index in [0.29, 0.717) is 23.9 Å². The van der Waals surface area contributed by atoms with Crippen LogP contribution in [0.5, 0.6) is 5.75 Å². The van der Waals surface area contributed by atoms with Crippen LogP contribution < -0.4 is 15.8 Å². The molecule has 116 valence electrons. The van der Waals surface area contributed by atoms with Crippen molar-refractivity contribution in [1.29, 1.82) is 0 Å². The number of benzene rings is 1. The molecule has 2 rings (SSSR count). The Balaban J connectivity index is 1.69. The molecule has 0 spiro atoms. The number of nitrogens with two attached hydrogens (primary N) is 1. The van der Waals surface area contributed by atoms with Crippen molar-refractivity contribution in [2.75, 3.05) is 11.9 Å². The summed E-state index contributed by atoms with van der Waals surface area (Å²) in [5, 5.41) is 2.91. The van der Waals surface area contributed by atoms with Gasteiger partial charge >= 0.3 is 0 Å². The summed E-state index contributed by atoms with van der Waals surface area (Å²) in [4.78, 5) is 26.8. The summed E-state index contributed by atoms with van der Waals surface area (Å²) >= 11 is 1.02. The zero-order chi connectivity index (χ0) is 15.9. The average Bonchev–Trinajstić information content (AvgIpc) is 2.94. The van der Waals surface area contributed by atoms with Gasteiger partial charge in [0.25, 0.3) is 5.91 Å². The maximum absolute atomic E-state index is 12.7. The van der Waals surface area contributed by atoms with Crippen molar-refractivity contribution in [3.8, 4) is 5.75 Å². The molecule has 6 nitrogen and oxygen atoms in total. The molecule has 0 fully saturated rings. The molecule has 8 heteroatoms. The smallest absolute Gasteiger partial charge is 0.260 e. The van der Waals surface area contributed by atoms with E-state index in [0.717, 1.165) is 11.3 Å². The fourth-order valence-electron chi connectivity index (χ4n) is 1.58. The molecule has 1 aromatic carbocycles. The van der Waals surface area contributed by atoms with E-state index < -0.39 is 5.91 Å². The predicted octanol–water partition coefficient (Wildman–Crippen LogP) is 2.18. The number of ether oxygens (including phenoxy) is 1. The molecule has 0 radical (unpaired) electrons. The summed E-state index contributed by atoms with van der Waals surface area (Å²) < 4.78 is 18.1. The highest BCUT2D eigenvalue weighted by Gasteiger charge is 2.09. The lowest BCUT2D eigenvalue weighted by Gasteiger charge is -2.05. The maximum Gasteiger partial charge on any atom is 0.260 e. The number of rotatable bonds is 7. The number of anilines is 1. The zero-order valence-electron chi connectivity index (χ0n) is 11.5. The van der Waals surface area contributed by atoms with E-state index in [9.17, 15) is 14.0 Å². The Morgan fingerprint density at radius 3 is 2.68 bits per heavy atom. The summed E-state index contributed by atoms with van der Waals surface area (Å²) in [6, 6.07) is 5.66. The van der Waals surface area contributed by atoms with Crippen molar-refractivity contribution >= 4 is 28.3 Å². The van der Waals surface area contributed by atoms with Crippen molar-refractivity contribution in [2.45, 2.75) is 12.8 Å². The second-order valence-corrected chi connectivity index (χ2v) is 5.38. The Hall–Kier alpha value is -2.48. The van der Waals surface area contributed by atoms with Gasteiger partial charge in [-0.3, -0.25) is 9.59 Å². The fraction of sp³-hybridized carbons (Fsp3) is 0.214. The lowest BCUT2D eigenvalue weighted by Crippen LogP contribution is -2.12. The Morgan fingerprint density at radius 1 is 1.32 bits per heavy atom. The lowest BCUT2D eigenvalue weighted by atomic mass is 10.3. The number of hydrogen-bond donors (Lipinski definition) is 2. The third-order valence-corrected chi connectivity index (χ3v) is 3.55. The number of amides is 2. The Morgan fingerprint density at radius 2 is 2.05 bits per heavy atom. The second-order valence-electron chi connectivity index (χ2n) is 4.35. The predicted molar refractivity (Wildman–Crippen MR) is 80.4 cm³/mol. The van der Waals surface area contributed by atoms with Crippen LogP contribution >= 0.6 is 11.3 Å². The molecule has 0 bridgehead atoms. The number of nitrogens with zero attached hydrogens (tertiary/aromatic N) is 1. The lowest BCUT2D eigenvalue weighted by molar-refractivity contribution is -0.116. The Labute approximate surface area is 130 Å². The van der Waals surface area contributed by atoms with Gasteiger partial charge in [0.05, 0.1) is 12.8 Å². The first kappa shape index (κ1) is 15.9. The van der Waals surface area contributed by atoms with Crippen molar-refractivity contribution in [2.24, 2.45) is 5.73 Å². The molecule has 0 aliphatic carbocycles. The summed E-state index contributed by atoms with van der Waals surface area (Å²) in [5.41, 5.74) is 5.10. The molecule has 2 amide bonds. The number of aromatic nitrogens is 1. The number of carbonyl (C=O) groups is 2. The molecule has 1 aromatic heterocycles. The summed E-state index contributed by atoms with van der Waals surface area (Å²) in [7, 11) is 0. The molecule has 1 heterocycles. The number of primary amides is 1. The van der Waals surface area contributed by atoms with E-state index in [4.69, 9.17) is 10.5 Å². The fourth-order valence-corrected chi connectivity index (χ4v) is 2.27. The van der Waals surface area contributed by atoms with Gasteiger partial charge in [-0.15, -0.1) is 0 Å². The molecule has 0 unspecified atom stereocenters. The highest BCUT2D eigenvalue weighted by atomic mass is 32.1. The molecule has 3 N–H and O–H groups in total. The standard InChI is InChI=1S/C14H14FN3O3S/c15-9-3-5-10(6-4-9)21-7-1-2-12(19)18-14-17-8-11(22-14)13(16)20/h3-6,8H,1-2,7H2,(H2,16,20)(H,17,18,19). The van der Waals surface area contributed by atoms with Crippen molar-refractivity contribution in [3.05, 3.63) is 41.2 Å². The minimum atomic E-state index is -0.578. The van der Waals surface area contributed by atoms with Gasteiger partial charge in [0, 0.05) is 6.42 Å². The normalized spacial score (nSPS) is 10.2. The first-order valence-electron chi connectivity index (χ1n) is 6.48. The van der Waals surface area contributed by atoms with Crippen LogP contribution in [-0.2, 0) is 4.79 Å². The van der Waals surface area contributed by atoms with Crippen molar-refractivity contribution < 1.29 is 18.7 Å². The molecule has 0 aliphatic heterocycles. The monoisotopic (exact) mass is 323 g/mol. The van der Waals surface area contributed by atoms with Crippen LogP contribution in [0.1, 0.15) is 22.5 Å². The third kappa shape index (κ3) is 4.81. The van der Waals surface area contributed by atoms with E-state index in [1.54, 1.807) is 0 Å². The first-order chi connectivity index (χ1) is 10.5. The van der Waals surface area contributed by atoms with Gasteiger partial charge in [0.15, 0.2) is 5.13 Å². The van der Waals surface area contributed by atoms with Gasteiger partial charge in [0.2, 0.25) is 5.91 Å². The first-order valence-corrected chi connectivity index (χ1v) is 7.30. The van der Waals surface area contributed by atoms with E-state index in [1.165, 1.54) is 30.5 Å². The maximum atomic E-state index is 12.7. The molecule has 22 heavy (non-hydrogen) atoms. The minimum Gasteiger partial charge on any atom is -0.494 e. The molecule has 0 saturated carbocycles. The van der Waals surface area contributed by atoms with E-state index in [-0.39, 0.29) is 23.0 Å². The van der Waals surface area contributed by atoms with Crippen LogP contribution in [0.15, 0.2) is 30.5 Å². The molecule has 0 aliphatic rings. The molecule has 2 aromatic rings. The van der Waals surface area contributed by atoms with Crippen LogP contribution in [0, 0.1) is 5.82 Å². The van der Waals surface area contributed by atoms with Gasteiger partial charge in [-0.2, -0.15) is 0 Å². The van der Waals surface area contributed by atoms with Gasteiger partial charge in [0.1, 0.15) is 16.4 Å². The van der Waals surface area contributed by atoms with Crippen LogP contribution in [0.25, 0.3) is 0 Å². The summed E-state index contributed by atoms with van der Waals surface area (Å²) in [6.07, 6.45) is 2.06.